The fourth-order valence-corrected chi connectivity index (χ4v) is 6.18. The predicted molar refractivity (Wildman–Crippen MR) is 130 cm³/mol. The van der Waals surface area contributed by atoms with Gasteiger partial charge in [-0.05, 0) is 42.9 Å². The second kappa shape index (κ2) is 11.0. The first-order chi connectivity index (χ1) is 16.4. The molecule has 10 nitrogen and oxygen atoms in total. The van der Waals surface area contributed by atoms with Gasteiger partial charge in [-0.25, -0.2) is 14.8 Å². The van der Waals surface area contributed by atoms with Gasteiger partial charge in [-0.2, -0.15) is 0 Å². The fraction of sp³-hybridized carbons (Fsp3) is 0.455. The number of carbonyl (C=O) groups is 4. The molecule has 3 amide bonds. The van der Waals surface area contributed by atoms with Crippen molar-refractivity contribution in [3.05, 3.63) is 41.4 Å². The van der Waals surface area contributed by atoms with Gasteiger partial charge in [0.2, 0.25) is 11.8 Å². The van der Waals surface area contributed by atoms with Crippen molar-refractivity contribution in [2.75, 3.05) is 24.6 Å². The van der Waals surface area contributed by atoms with Crippen LogP contribution in [0, 0.1) is 5.92 Å². The average Bonchev–Trinajstić information content (AvgIpc) is 3.60. The molecule has 1 aliphatic carbocycles. The predicted octanol–water partition coefficient (Wildman–Crippen LogP) is 0.495. The molecule has 3 fully saturated rings. The number of fused-ring (bicyclic) bond motifs is 1. The monoisotopic (exact) mass is 524 g/mol. The number of rotatable bonds is 8. The van der Waals surface area contributed by atoms with Gasteiger partial charge in [-0.1, -0.05) is 11.8 Å². The van der Waals surface area contributed by atoms with Crippen LogP contribution in [0.15, 0.2) is 46.5 Å². The van der Waals surface area contributed by atoms with Crippen molar-refractivity contribution in [1.29, 1.82) is 0 Å². The third-order valence-corrected chi connectivity index (χ3v) is 8.31. The molecule has 4 aliphatic rings. The number of aromatic nitrogens is 2. The number of carboxylic acid groups (broad SMARTS) is 1. The van der Waals surface area contributed by atoms with E-state index in [1.807, 2.05) is 4.90 Å². The van der Waals surface area contributed by atoms with Crippen LogP contribution in [0.1, 0.15) is 19.3 Å². The van der Waals surface area contributed by atoms with E-state index in [0.717, 1.165) is 31.1 Å². The second-order valence-electron chi connectivity index (χ2n) is 8.57. The fourth-order valence-electron chi connectivity index (χ4n) is 4.26. The van der Waals surface area contributed by atoms with Crippen LogP contribution >= 0.6 is 23.5 Å². The molecule has 1 radical (unpaired) electrons. The van der Waals surface area contributed by atoms with Crippen LogP contribution in [-0.2, 0) is 19.2 Å². The van der Waals surface area contributed by atoms with Crippen molar-refractivity contribution in [2.24, 2.45) is 5.92 Å². The molecule has 0 aromatic carbocycles. The van der Waals surface area contributed by atoms with Crippen LogP contribution in [0.25, 0.3) is 0 Å². The van der Waals surface area contributed by atoms with E-state index in [1.165, 1.54) is 16.7 Å². The number of allylic oxidation sites excluding steroid dienone is 1. The summed E-state index contributed by atoms with van der Waals surface area (Å²) >= 11 is 2.54. The average molecular weight is 525 g/mol. The molecule has 0 bridgehead atoms. The topological polar surface area (TPSA) is 133 Å². The minimum absolute atomic E-state index is 0. The molecule has 4 heterocycles. The number of carboxylic acids is 1. The summed E-state index contributed by atoms with van der Waals surface area (Å²) in [6, 6.07) is 0.886. The number of nitrogens with one attached hydrogen (secondary N) is 1. The minimum atomic E-state index is -1.22. The molecule has 35 heavy (non-hydrogen) atoms. The summed E-state index contributed by atoms with van der Waals surface area (Å²) in [5.74, 6) is -1.10. The smallest absolute Gasteiger partial charge is 0.352 e. The maximum Gasteiger partial charge on any atom is 0.352 e. The summed E-state index contributed by atoms with van der Waals surface area (Å²) in [5.41, 5.74) is 0.943. The molecular weight excluding hydrogens is 501 g/mol. The zero-order valence-corrected chi connectivity index (χ0v) is 22.8. The standard InChI is InChI=1S/C22H23N5O5S2.Na/c28-15(11-34-22-23-5-1-6-24-22)25-16-19(30)27-17(21(31)32)14(10-33-20(16)27)8-13-4-7-26(18(13)29)9-12-2-3-12;/h1,5-6,8,12,16,20H,2-4,7,9-11H2,(H,25,28)(H,31,32);/t16-,20-;/m1./s1. The first kappa shape index (κ1) is 26.2. The summed E-state index contributed by atoms with van der Waals surface area (Å²) in [7, 11) is 0. The zero-order chi connectivity index (χ0) is 23.8. The van der Waals surface area contributed by atoms with Gasteiger partial charge in [0.25, 0.3) is 5.91 Å². The Kier molecular flexibility index (Phi) is 8.26. The molecule has 3 aliphatic heterocycles. The molecule has 1 saturated carbocycles. The van der Waals surface area contributed by atoms with Gasteiger partial charge in [-0.3, -0.25) is 19.3 Å². The van der Waals surface area contributed by atoms with Crippen LogP contribution in [0.5, 0.6) is 0 Å². The van der Waals surface area contributed by atoms with Gasteiger partial charge in [0, 0.05) is 66.4 Å². The number of hydrogen-bond donors (Lipinski definition) is 2. The van der Waals surface area contributed by atoms with Crippen LogP contribution in [0.4, 0.5) is 0 Å². The number of thioether (sulfide) groups is 2. The van der Waals surface area contributed by atoms with E-state index in [-0.39, 0.29) is 52.8 Å². The summed E-state index contributed by atoms with van der Waals surface area (Å²) in [5, 5.41) is 12.5. The van der Waals surface area contributed by atoms with Gasteiger partial charge in [0.05, 0.1) is 5.75 Å². The number of carbonyl (C=O) groups excluding carboxylic acids is 3. The molecule has 2 saturated heterocycles. The Morgan fingerprint density at radius 2 is 2.00 bits per heavy atom. The molecule has 2 atom stereocenters. The Hall–Kier alpha value is -1.86. The van der Waals surface area contributed by atoms with Crippen molar-refractivity contribution >= 4 is 76.8 Å². The van der Waals surface area contributed by atoms with Crippen LogP contribution in [0.2, 0.25) is 0 Å². The van der Waals surface area contributed by atoms with E-state index in [0.29, 0.717) is 40.9 Å². The number of β-lactam (4-membered cyclic amide) rings is 1. The normalized spacial score (nSPS) is 24.7. The van der Waals surface area contributed by atoms with E-state index >= 15 is 0 Å². The van der Waals surface area contributed by atoms with Crippen molar-refractivity contribution in [2.45, 2.75) is 35.8 Å². The van der Waals surface area contributed by atoms with Gasteiger partial charge in [0.1, 0.15) is 17.1 Å². The van der Waals surface area contributed by atoms with Crippen molar-refractivity contribution in [3.63, 3.8) is 0 Å². The Bertz CT molecular complexity index is 1110. The number of nitrogens with zero attached hydrogens (tertiary/aromatic N) is 4. The van der Waals surface area contributed by atoms with Crippen LogP contribution < -0.4 is 5.32 Å². The van der Waals surface area contributed by atoms with E-state index in [2.05, 4.69) is 15.3 Å². The zero-order valence-electron chi connectivity index (χ0n) is 19.2. The largest absolute Gasteiger partial charge is 0.477 e. The molecule has 0 unspecified atom stereocenters. The van der Waals surface area contributed by atoms with Crippen molar-refractivity contribution < 1.29 is 24.3 Å². The maximum absolute atomic E-state index is 12.8. The quantitative estimate of drug-likeness (QED) is 0.164. The number of likely N-dealkylation sites (tertiary alicyclic amines) is 1. The van der Waals surface area contributed by atoms with E-state index in [4.69, 9.17) is 0 Å². The molecule has 2 N–H and O–H groups in total. The molecular formula is C22H23N5NaO5S2. The first-order valence-electron chi connectivity index (χ1n) is 11.0. The van der Waals surface area contributed by atoms with Gasteiger partial charge in [0.15, 0.2) is 5.16 Å². The summed E-state index contributed by atoms with van der Waals surface area (Å²) < 4.78 is 0. The maximum atomic E-state index is 12.8. The third kappa shape index (κ3) is 5.61. The molecule has 1 aromatic heterocycles. The van der Waals surface area contributed by atoms with Crippen molar-refractivity contribution in [3.8, 4) is 0 Å². The number of aliphatic carboxylic acids is 1. The summed E-state index contributed by atoms with van der Waals surface area (Å²) in [6.07, 6.45) is 7.69. The number of amides is 3. The Morgan fingerprint density at radius 1 is 1.26 bits per heavy atom. The molecule has 0 spiro atoms. The summed E-state index contributed by atoms with van der Waals surface area (Å²) in [6.45, 7) is 1.41. The van der Waals surface area contributed by atoms with Crippen LogP contribution in [-0.4, -0.2) is 114 Å². The van der Waals surface area contributed by atoms with E-state index in [9.17, 15) is 24.3 Å². The first-order valence-corrected chi connectivity index (χ1v) is 13.1. The van der Waals surface area contributed by atoms with Gasteiger partial charge >= 0.3 is 5.97 Å². The van der Waals surface area contributed by atoms with Gasteiger partial charge < -0.3 is 15.3 Å². The van der Waals surface area contributed by atoms with Crippen LogP contribution in [0.3, 0.4) is 0 Å². The van der Waals surface area contributed by atoms with E-state index in [1.54, 1.807) is 24.5 Å². The third-order valence-electron chi connectivity index (χ3n) is 6.13. The molecule has 179 valence electrons. The SMILES string of the molecule is O=C(CSc1ncccn1)N[C@@H]1C(=O)N2C(C(=O)O)=C(C=C3CCN(CC4CC4)C3=O)CS[C@H]12.[Na]. The molecule has 13 heteroatoms. The Balaban J connectivity index is 0.00000289. The van der Waals surface area contributed by atoms with E-state index < -0.39 is 23.3 Å². The Morgan fingerprint density at radius 3 is 2.69 bits per heavy atom. The minimum Gasteiger partial charge on any atom is -0.477 e. The van der Waals surface area contributed by atoms with Crippen molar-refractivity contribution in [1.82, 2.24) is 25.1 Å². The Labute approximate surface area is 232 Å². The van der Waals surface area contributed by atoms with Gasteiger partial charge in [-0.15, -0.1) is 11.8 Å². The summed E-state index contributed by atoms with van der Waals surface area (Å²) in [4.78, 5) is 61.1. The number of hydrogen-bond acceptors (Lipinski definition) is 8. The second-order valence-corrected chi connectivity index (χ2v) is 10.6. The molecule has 5 rings (SSSR count). The molecule has 1 aromatic rings.